The number of rotatable bonds is 3. The van der Waals surface area contributed by atoms with Crippen LogP contribution < -0.4 is 4.90 Å². The second-order valence-electron chi connectivity index (χ2n) is 5.52. The van der Waals surface area contributed by atoms with Gasteiger partial charge in [-0.1, -0.05) is 23.8 Å². The second-order valence-corrected chi connectivity index (χ2v) is 5.52. The monoisotopic (exact) mass is 308 g/mol. The van der Waals surface area contributed by atoms with Gasteiger partial charge in [0.2, 0.25) is 0 Å². The van der Waals surface area contributed by atoms with Gasteiger partial charge in [-0.05, 0) is 37.6 Å². The molecular formula is C18H16N2O3. The van der Waals surface area contributed by atoms with Crippen molar-refractivity contribution in [3.05, 3.63) is 71.3 Å². The van der Waals surface area contributed by atoms with E-state index in [9.17, 15) is 14.7 Å². The van der Waals surface area contributed by atoms with Crippen molar-refractivity contribution in [3.8, 4) is 0 Å². The lowest BCUT2D eigenvalue weighted by atomic mass is 9.98. The molecule has 1 aromatic carbocycles. The quantitative estimate of drug-likeness (QED) is 0.946. The Morgan fingerprint density at radius 3 is 2.48 bits per heavy atom. The van der Waals surface area contributed by atoms with Crippen molar-refractivity contribution in [3.63, 3.8) is 0 Å². The van der Waals surface area contributed by atoms with Crippen LogP contribution in [-0.4, -0.2) is 21.8 Å². The lowest BCUT2D eigenvalue weighted by Crippen LogP contribution is -2.30. The van der Waals surface area contributed by atoms with Crippen LogP contribution in [0.4, 0.5) is 5.69 Å². The number of ketones is 1. The molecule has 1 aromatic heterocycles. The van der Waals surface area contributed by atoms with Crippen LogP contribution in [-0.2, 0) is 9.59 Å². The Morgan fingerprint density at radius 1 is 1.22 bits per heavy atom. The van der Waals surface area contributed by atoms with E-state index in [1.807, 2.05) is 19.1 Å². The number of aryl methyl sites for hydroxylation is 1. The van der Waals surface area contributed by atoms with Gasteiger partial charge in [-0.3, -0.25) is 19.5 Å². The third-order valence-electron chi connectivity index (χ3n) is 3.90. The number of anilines is 1. The highest BCUT2D eigenvalue weighted by Crippen LogP contribution is 2.40. The standard InChI is InChI=1S/C18H16N2O3/c1-11-5-7-14(8-6-11)20-16(13-4-3-9-19-10-13)15(12(2)21)17(22)18(20)23/h3-10,16,22H,1-2H3/t16-/m0/s1. The number of carbonyl (C=O) groups excluding carboxylic acids is 2. The number of aliphatic hydroxyl groups excluding tert-OH is 1. The molecule has 5 heteroatoms. The molecule has 0 aliphatic carbocycles. The van der Waals surface area contributed by atoms with Crippen molar-refractivity contribution in [2.45, 2.75) is 19.9 Å². The highest BCUT2D eigenvalue weighted by Gasteiger charge is 2.43. The first-order valence-electron chi connectivity index (χ1n) is 7.25. The lowest BCUT2D eigenvalue weighted by molar-refractivity contribution is -0.117. The first kappa shape index (κ1) is 15.0. The van der Waals surface area contributed by atoms with E-state index in [-0.39, 0.29) is 11.4 Å². The molecule has 5 nitrogen and oxygen atoms in total. The summed E-state index contributed by atoms with van der Waals surface area (Å²) in [7, 11) is 0. The molecule has 0 bridgehead atoms. The van der Waals surface area contributed by atoms with E-state index < -0.39 is 17.7 Å². The summed E-state index contributed by atoms with van der Waals surface area (Å²) in [4.78, 5) is 30.0. The number of carbonyl (C=O) groups is 2. The van der Waals surface area contributed by atoms with E-state index in [4.69, 9.17) is 0 Å². The van der Waals surface area contributed by atoms with Crippen LogP contribution >= 0.6 is 0 Å². The Hall–Kier alpha value is -2.95. The van der Waals surface area contributed by atoms with Crippen LogP contribution in [0.1, 0.15) is 24.1 Å². The van der Waals surface area contributed by atoms with Gasteiger partial charge in [0, 0.05) is 18.1 Å². The number of benzene rings is 1. The Kier molecular flexibility index (Phi) is 3.70. The maximum absolute atomic E-state index is 12.5. The van der Waals surface area contributed by atoms with Crippen LogP contribution in [0, 0.1) is 6.92 Å². The van der Waals surface area contributed by atoms with Crippen molar-refractivity contribution in [1.29, 1.82) is 0 Å². The Morgan fingerprint density at radius 2 is 1.91 bits per heavy atom. The van der Waals surface area contributed by atoms with Gasteiger partial charge >= 0.3 is 0 Å². The van der Waals surface area contributed by atoms with Gasteiger partial charge in [-0.15, -0.1) is 0 Å². The van der Waals surface area contributed by atoms with E-state index in [1.165, 1.54) is 11.8 Å². The number of hydrogen-bond acceptors (Lipinski definition) is 4. The van der Waals surface area contributed by atoms with Crippen LogP contribution in [0.15, 0.2) is 60.1 Å². The van der Waals surface area contributed by atoms with E-state index in [1.54, 1.807) is 36.7 Å². The van der Waals surface area contributed by atoms with Gasteiger partial charge in [0.15, 0.2) is 11.5 Å². The smallest absolute Gasteiger partial charge is 0.294 e. The third kappa shape index (κ3) is 2.50. The van der Waals surface area contributed by atoms with Crippen molar-refractivity contribution in [2.24, 2.45) is 0 Å². The number of pyridine rings is 1. The highest BCUT2D eigenvalue weighted by atomic mass is 16.3. The number of Topliss-reactive ketones (excluding diaryl/α,β-unsaturated/α-hetero) is 1. The summed E-state index contributed by atoms with van der Waals surface area (Å²) in [5.41, 5.74) is 2.46. The van der Waals surface area contributed by atoms with Gasteiger partial charge in [0.25, 0.3) is 5.91 Å². The van der Waals surface area contributed by atoms with E-state index in [2.05, 4.69) is 4.98 Å². The molecule has 3 rings (SSSR count). The van der Waals surface area contributed by atoms with E-state index in [0.717, 1.165) is 5.56 Å². The summed E-state index contributed by atoms with van der Waals surface area (Å²) in [6, 6.07) is 10.2. The van der Waals surface area contributed by atoms with Gasteiger partial charge < -0.3 is 5.11 Å². The number of hydrogen-bond donors (Lipinski definition) is 1. The summed E-state index contributed by atoms with van der Waals surface area (Å²) < 4.78 is 0. The number of aliphatic hydroxyl groups is 1. The molecular weight excluding hydrogens is 292 g/mol. The molecule has 1 amide bonds. The average molecular weight is 308 g/mol. The summed E-state index contributed by atoms with van der Waals surface area (Å²) in [5.74, 6) is -1.40. The molecule has 0 saturated heterocycles. The molecule has 1 N–H and O–H groups in total. The molecule has 0 unspecified atom stereocenters. The fraction of sp³-hybridized carbons (Fsp3) is 0.167. The zero-order chi connectivity index (χ0) is 16.6. The normalized spacial score (nSPS) is 17.7. The molecule has 0 spiro atoms. The highest BCUT2D eigenvalue weighted by molar-refractivity contribution is 6.16. The number of amides is 1. The minimum absolute atomic E-state index is 0.101. The van der Waals surface area contributed by atoms with Crippen LogP contribution in [0.5, 0.6) is 0 Å². The van der Waals surface area contributed by atoms with E-state index in [0.29, 0.717) is 11.3 Å². The first-order valence-corrected chi connectivity index (χ1v) is 7.25. The Balaban J connectivity index is 2.16. The molecule has 1 aliphatic heterocycles. The topological polar surface area (TPSA) is 70.5 Å². The van der Waals surface area contributed by atoms with Crippen LogP contribution in [0.25, 0.3) is 0 Å². The predicted molar refractivity (Wildman–Crippen MR) is 86.0 cm³/mol. The molecule has 23 heavy (non-hydrogen) atoms. The maximum atomic E-state index is 12.5. The van der Waals surface area contributed by atoms with Crippen molar-refractivity contribution < 1.29 is 14.7 Å². The van der Waals surface area contributed by atoms with Crippen LogP contribution in [0.2, 0.25) is 0 Å². The van der Waals surface area contributed by atoms with Gasteiger partial charge in [0.1, 0.15) is 0 Å². The second kappa shape index (κ2) is 5.68. The molecule has 2 heterocycles. The lowest BCUT2D eigenvalue weighted by Gasteiger charge is -2.26. The molecule has 0 saturated carbocycles. The summed E-state index contributed by atoms with van der Waals surface area (Å²) in [6.07, 6.45) is 3.22. The summed E-state index contributed by atoms with van der Waals surface area (Å²) >= 11 is 0. The van der Waals surface area contributed by atoms with Crippen LogP contribution in [0.3, 0.4) is 0 Å². The summed E-state index contributed by atoms with van der Waals surface area (Å²) in [6.45, 7) is 3.30. The zero-order valence-electron chi connectivity index (χ0n) is 12.9. The minimum Gasteiger partial charge on any atom is -0.503 e. The maximum Gasteiger partial charge on any atom is 0.294 e. The fourth-order valence-electron chi connectivity index (χ4n) is 2.79. The van der Waals surface area contributed by atoms with Crippen molar-refractivity contribution in [1.82, 2.24) is 4.98 Å². The first-order chi connectivity index (χ1) is 11.0. The van der Waals surface area contributed by atoms with Crippen molar-refractivity contribution in [2.75, 3.05) is 4.90 Å². The number of aromatic nitrogens is 1. The molecule has 116 valence electrons. The minimum atomic E-state index is -0.670. The largest absolute Gasteiger partial charge is 0.503 e. The zero-order valence-corrected chi connectivity index (χ0v) is 12.9. The molecule has 0 radical (unpaired) electrons. The summed E-state index contributed by atoms with van der Waals surface area (Å²) in [5, 5.41) is 10.2. The predicted octanol–water partition coefficient (Wildman–Crippen LogP) is 2.88. The van der Waals surface area contributed by atoms with E-state index >= 15 is 0 Å². The molecule has 2 aromatic rings. The molecule has 0 fully saturated rings. The Bertz CT molecular complexity index is 795. The Labute approximate surface area is 133 Å². The van der Waals surface area contributed by atoms with Gasteiger partial charge in [0.05, 0.1) is 11.6 Å². The average Bonchev–Trinajstić information content (AvgIpc) is 2.81. The third-order valence-corrected chi connectivity index (χ3v) is 3.90. The van der Waals surface area contributed by atoms with Crippen molar-refractivity contribution >= 4 is 17.4 Å². The molecule has 1 atom stereocenters. The number of nitrogens with zero attached hydrogens (tertiary/aromatic N) is 2. The SMILES string of the molecule is CC(=O)C1=C(O)C(=O)N(c2ccc(C)cc2)[C@H]1c1cccnc1. The van der Waals surface area contributed by atoms with Gasteiger partial charge in [-0.25, -0.2) is 0 Å². The van der Waals surface area contributed by atoms with Gasteiger partial charge in [-0.2, -0.15) is 0 Å². The fourth-order valence-corrected chi connectivity index (χ4v) is 2.79. The molecule has 1 aliphatic rings.